The molecule has 0 aliphatic rings. The largest absolute Gasteiger partial charge is 0.321 e. The Labute approximate surface area is 151 Å². The highest BCUT2D eigenvalue weighted by molar-refractivity contribution is 7.21. The van der Waals surface area contributed by atoms with Crippen LogP contribution in [0.3, 0.4) is 0 Å². The van der Waals surface area contributed by atoms with Crippen LogP contribution in [0.2, 0.25) is 5.02 Å². The van der Waals surface area contributed by atoms with Gasteiger partial charge in [0, 0.05) is 33.9 Å². The van der Waals surface area contributed by atoms with E-state index in [9.17, 15) is 9.18 Å². The standard InChI is InChI=1S/C18H11ClFN3OS/c19-16-14-6-1-11(20)9-15(14)25-17(16)18(24)22-12-2-4-13(5-3-12)23-8-7-21-10-23/h1-10H,(H,22,24). The quantitative estimate of drug-likeness (QED) is 0.542. The van der Waals surface area contributed by atoms with Crippen LogP contribution in [0, 0.1) is 5.82 Å². The number of hydrogen-bond donors (Lipinski definition) is 1. The zero-order valence-electron chi connectivity index (χ0n) is 12.7. The number of benzene rings is 2. The summed E-state index contributed by atoms with van der Waals surface area (Å²) < 4.78 is 15.8. The molecule has 0 unspecified atom stereocenters. The molecule has 4 aromatic rings. The van der Waals surface area contributed by atoms with Crippen LogP contribution in [-0.4, -0.2) is 15.5 Å². The minimum absolute atomic E-state index is 0.318. The molecule has 0 spiro atoms. The lowest BCUT2D eigenvalue weighted by atomic mass is 10.2. The van der Waals surface area contributed by atoms with E-state index in [2.05, 4.69) is 10.3 Å². The normalized spacial score (nSPS) is 11.0. The van der Waals surface area contributed by atoms with Crippen molar-refractivity contribution in [1.29, 1.82) is 0 Å². The maximum Gasteiger partial charge on any atom is 0.267 e. The van der Waals surface area contributed by atoms with Crippen molar-refractivity contribution in [2.24, 2.45) is 0 Å². The Bertz CT molecular complexity index is 1060. The summed E-state index contributed by atoms with van der Waals surface area (Å²) in [5.41, 5.74) is 1.58. The van der Waals surface area contributed by atoms with E-state index in [0.717, 1.165) is 5.69 Å². The van der Waals surface area contributed by atoms with Crippen LogP contribution in [0.25, 0.3) is 15.8 Å². The average molecular weight is 372 g/mol. The Morgan fingerprint density at radius 2 is 2.00 bits per heavy atom. The second kappa shape index (κ2) is 6.31. The van der Waals surface area contributed by atoms with E-state index in [1.165, 1.54) is 23.5 Å². The number of aromatic nitrogens is 2. The summed E-state index contributed by atoms with van der Waals surface area (Å²) >= 11 is 7.45. The van der Waals surface area contributed by atoms with Gasteiger partial charge in [0.15, 0.2) is 0 Å². The van der Waals surface area contributed by atoms with Gasteiger partial charge in [-0.3, -0.25) is 4.79 Å². The van der Waals surface area contributed by atoms with Gasteiger partial charge in [0.1, 0.15) is 10.7 Å². The van der Waals surface area contributed by atoms with E-state index in [-0.39, 0.29) is 11.7 Å². The first kappa shape index (κ1) is 15.8. The fraction of sp³-hybridized carbons (Fsp3) is 0. The fourth-order valence-electron chi connectivity index (χ4n) is 2.50. The number of hydrogen-bond acceptors (Lipinski definition) is 3. The van der Waals surface area contributed by atoms with Gasteiger partial charge in [-0.05, 0) is 42.5 Å². The predicted molar refractivity (Wildman–Crippen MR) is 98.3 cm³/mol. The van der Waals surface area contributed by atoms with Crippen molar-refractivity contribution in [3.63, 3.8) is 0 Å². The summed E-state index contributed by atoms with van der Waals surface area (Å²) in [6.45, 7) is 0. The third kappa shape index (κ3) is 3.01. The fourth-order valence-corrected chi connectivity index (χ4v) is 3.94. The number of fused-ring (bicyclic) bond motifs is 1. The van der Waals surface area contributed by atoms with Crippen molar-refractivity contribution >= 4 is 44.6 Å². The van der Waals surface area contributed by atoms with E-state index < -0.39 is 0 Å². The molecule has 4 rings (SSSR count). The molecule has 2 aromatic carbocycles. The Morgan fingerprint density at radius 1 is 1.20 bits per heavy atom. The lowest BCUT2D eigenvalue weighted by Crippen LogP contribution is -2.10. The number of thiophene rings is 1. The van der Waals surface area contributed by atoms with Gasteiger partial charge >= 0.3 is 0 Å². The number of rotatable bonds is 3. The molecule has 0 saturated carbocycles. The summed E-state index contributed by atoms with van der Waals surface area (Å²) in [7, 11) is 0. The maximum absolute atomic E-state index is 13.3. The second-order valence-electron chi connectivity index (χ2n) is 5.36. The van der Waals surface area contributed by atoms with Gasteiger partial charge in [0.05, 0.1) is 11.3 Å². The minimum atomic E-state index is -0.354. The third-order valence-corrected chi connectivity index (χ3v) is 5.38. The van der Waals surface area contributed by atoms with E-state index in [4.69, 9.17) is 11.6 Å². The van der Waals surface area contributed by atoms with Gasteiger partial charge in [-0.1, -0.05) is 11.6 Å². The lowest BCUT2D eigenvalue weighted by molar-refractivity contribution is 0.103. The number of imidazole rings is 1. The molecule has 0 atom stereocenters. The lowest BCUT2D eigenvalue weighted by Gasteiger charge is -2.06. The van der Waals surface area contributed by atoms with Crippen molar-refractivity contribution in [3.05, 3.63) is 76.9 Å². The molecule has 0 bridgehead atoms. The zero-order valence-corrected chi connectivity index (χ0v) is 14.3. The Kier molecular flexibility index (Phi) is 3.99. The van der Waals surface area contributed by atoms with Crippen molar-refractivity contribution < 1.29 is 9.18 Å². The molecule has 124 valence electrons. The molecule has 1 amide bonds. The van der Waals surface area contributed by atoms with Crippen LogP contribution in [0.1, 0.15) is 9.67 Å². The number of nitrogens with zero attached hydrogens (tertiary/aromatic N) is 2. The number of carbonyl (C=O) groups is 1. The van der Waals surface area contributed by atoms with Crippen LogP contribution in [0.5, 0.6) is 0 Å². The van der Waals surface area contributed by atoms with Gasteiger partial charge < -0.3 is 9.88 Å². The van der Waals surface area contributed by atoms with Crippen molar-refractivity contribution in [2.45, 2.75) is 0 Å². The molecule has 0 aliphatic heterocycles. The first-order valence-electron chi connectivity index (χ1n) is 7.39. The molecule has 0 radical (unpaired) electrons. The van der Waals surface area contributed by atoms with Crippen LogP contribution in [0.4, 0.5) is 10.1 Å². The summed E-state index contributed by atoms with van der Waals surface area (Å²) in [6.07, 6.45) is 5.23. The van der Waals surface area contributed by atoms with E-state index in [1.807, 2.05) is 22.9 Å². The summed E-state index contributed by atoms with van der Waals surface area (Å²) in [5, 5.41) is 3.83. The van der Waals surface area contributed by atoms with Crippen LogP contribution in [-0.2, 0) is 0 Å². The van der Waals surface area contributed by atoms with E-state index >= 15 is 0 Å². The van der Waals surface area contributed by atoms with Crippen LogP contribution < -0.4 is 5.32 Å². The third-order valence-electron chi connectivity index (χ3n) is 3.73. The topological polar surface area (TPSA) is 46.9 Å². The summed E-state index contributed by atoms with van der Waals surface area (Å²) in [6, 6.07) is 11.6. The Balaban J connectivity index is 1.59. The smallest absolute Gasteiger partial charge is 0.267 e. The molecule has 7 heteroatoms. The van der Waals surface area contributed by atoms with E-state index in [1.54, 1.807) is 30.7 Å². The zero-order chi connectivity index (χ0) is 17.4. The number of halogens is 2. The molecule has 4 nitrogen and oxygen atoms in total. The minimum Gasteiger partial charge on any atom is -0.321 e. The van der Waals surface area contributed by atoms with Crippen molar-refractivity contribution in [3.8, 4) is 5.69 Å². The average Bonchev–Trinajstić information content (AvgIpc) is 3.24. The highest BCUT2D eigenvalue weighted by atomic mass is 35.5. The van der Waals surface area contributed by atoms with Gasteiger partial charge in [0.25, 0.3) is 5.91 Å². The molecule has 0 aliphatic carbocycles. The number of carbonyl (C=O) groups excluding carboxylic acids is 1. The van der Waals surface area contributed by atoms with Crippen LogP contribution >= 0.6 is 22.9 Å². The maximum atomic E-state index is 13.3. The Morgan fingerprint density at radius 3 is 2.72 bits per heavy atom. The van der Waals surface area contributed by atoms with Gasteiger partial charge in [0.2, 0.25) is 0 Å². The number of amides is 1. The molecule has 25 heavy (non-hydrogen) atoms. The molecule has 2 heterocycles. The first-order chi connectivity index (χ1) is 12.1. The molecule has 0 saturated heterocycles. The first-order valence-corrected chi connectivity index (χ1v) is 8.58. The molecule has 1 N–H and O–H groups in total. The van der Waals surface area contributed by atoms with Crippen molar-refractivity contribution in [2.75, 3.05) is 5.32 Å². The number of nitrogens with one attached hydrogen (secondary N) is 1. The highest BCUT2D eigenvalue weighted by Gasteiger charge is 2.17. The van der Waals surface area contributed by atoms with Gasteiger partial charge in [-0.15, -0.1) is 11.3 Å². The van der Waals surface area contributed by atoms with Gasteiger partial charge in [-0.25, -0.2) is 9.37 Å². The van der Waals surface area contributed by atoms with Crippen molar-refractivity contribution in [1.82, 2.24) is 9.55 Å². The van der Waals surface area contributed by atoms with Crippen LogP contribution in [0.15, 0.2) is 61.2 Å². The summed E-state index contributed by atoms with van der Waals surface area (Å²) in [4.78, 5) is 16.9. The SMILES string of the molecule is O=C(Nc1ccc(-n2ccnc2)cc1)c1sc2cc(F)ccc2c1Cl. The highest BCUT2D eigenvalue weighted by Crippen LogP contribution is 2.36. The van der Waals surface area contributed by atoms with E-state index in [0.29, 0.717) is 25.7 Å². The number of anilines is 1. The molecule has 0 fully saturated rings. The molecule has 2 aromatic heterocycles. The Hall–Kier alpha value is -2.70. The predicted octanol–water partition coefficient (Wildman–Crippen LogP) is 5.13. The second-order valence-corrected chi connectivity index (χ2v) is 6.79. The monoisotopic (exact) mass is 371 g/mol. The molecular weight excluding hydrogens is 361 g/mol. The molecular formula is C18H11ClFN3OS. The van der Waals surface area contributed by atoms with Gasteiger partial charge in [-0.2, -0.15) is 0 Å². The summed E-state index contributed by atoms with van der Waals surface area (Å²) in [5.74, 6) is -0.672.